The van der Waals surface area contributed by atoms with Gasteiger partial charge in [-0.05, 0) is 76.0 Å². The van der Waals surface area contributed by atoms with E-state index in [0.29, 0.717) is 30.8 Å². The van der Waals surface area contributed by atoms with Gasteiger partial charge in [-0.1, -0.05) is 23.7 Å². The molecule has 1 aliphatic heterocycles. The number of hydrogen-bond donors (Lipinski definition) is 1. The number of rotatable bonds is 6. The van der Waals surface area contributed by atoms with E-state index < -0.39 is 35.2 Å². The van der Waals surface area contributed by atoms with Crippen molar-refractivity contribution in [3.63, 3.8) is 0 Å². The molecule has 0 bridgehead atoms. The molecule has 2 aliphatic carbocycles. The third-order valence-corrected chi connectivity index (χ3v) is 9.84. The van der Waals surface area contributed by atoms with Crippen LogP contribution in [-0.2, 0) is 23.1 Å². The van der Waals surface area contributed by atoms with Gasteiger partial charge in [0.2, 0.25) is 5.91 Å². The van der Waals surface area contributed by atoms with E-state index in [1.54, 1.807) is 4.90 Å². The highest BCUT2D eigenvalue weighted by molar-refractivity contribution is 6.34. The number of hydrogen-bond acceptors (Lipinski definition) is 5. The van der Waals surface area contributed by atoms with Gasteiger partial charge in [-0.3, -0.25) is 9.59 Å². The zero-order valence-corrected chi connectivity index (χ0v) is 25.4. The van der Waals surface area contributed by atoms with E-state index in [1.807, 2.05) is 14.1 Å². The van der Waals surface area contributed by atoms with Crippen molar-refractivity contribution in [2.75, 3.05) is 27.2 Å². The Morgan fingerprint density at radius 2 is 1.84 bits per heavy atom. The molecule has 2 fully saturated rings. The van der Waals surface area contributed by atoms with Crippen molar-refractivity contribution in [1.29, 1.82) is 0 Å². The van der Waals surface area contributed by atoms with Crippen molar-refractivity contribution >= 4 is 29.4 Å². The molecule has 0 spiro atoms. The van der Waals surface area contributed by atoms with E-state index >= 15 is 4.39 Å². The highest BCUT2D eigenvalue weighted by Gasteiger charge is 2.65. The number of amides is 1. The number of likely N-dealkylation sites (tertiary alicyclic amines) is 1. The lowest BCUT2D eigenvalue weighted by Crippen LogP contribution is -2.39. The third-order valence-electron chi connectivity index (χ3n) is 9.53. The number of aromatic nitrogens is 2. The maximum atomic E-state index is 15.3. The van der Waals surface area contributed by atoms with E-state index in [4.69, 9.17) is 11.6 Å². The van der Waals surface area contributed by atoms with Gasteiger partial charge in [0.25, 0.3) is 5.91 Å². The lowest BCUT2D eigenvalue weighted by molar-refractivity contribution is -0.160. The zero-order valence-electron chi connectivity index (χ0n) is 24.6. The van der Waals surface area contributed by atoms with Crippen LogP contribution in [0.4, 0.5) is 17.6 Å². The van der Waals surface area contributed by atoms with Gasteiger partial charge in [-0.15, -0.1) is 0 Å². The fourth-order valence-corrected chi connectivity index (χ4v) is 7.00. The van der Waals surface area contributed by atoms with E-state index in [0.717, 1.165) is 17.2 Å². The summed E-state index contributed by atoms with van der Waals surface area (Å²) >= 11 is 6.43. The molecule has 45 heavy (non-hydrogen) atoms. The van der Waals surface area contributed by atoms with Crippen LogP contribution < -0.4 is 0 Å². The molecule has 3 aliphatic rings. The molecule has 1 amide bonds. The molecule has 0 radical (unpaired) electrons. The smallest absolute Gasteiger partial charge is 0.398 e. The summed E-state index contributed by atoms with van der Waals surface area (Å²) in [5.74, 6) is -3.72. The number of carbonyl (C=O) groups excluding carboxylic acids is 2. The summed E-state index contributed by atoms with van der Waals surface area (Å²) in [4.78, 5) is 43.2. The largest absolute Gasteiger partial charge is 0.478 e. The summed E-state index contributed by atoms with van der Waals surface area (Å²) in [6.45, 7) is 1.14. The van der Waals surface area contributed by atoms with Gasteiger partial charge in [0.1, 0.15) is 5.82 Å². The minimum Gasteiger partial charge on any atom is -0.478 e. The molecule has 13 heteroatoms. The lowest BCUT2D eigenvalue weighted by atomic mass is 9.84. The van der Waals surface area contributed by atoms with Crippen LogP contribution in [0.5, 0.6) is 0 Å². The first kappa shape index (κ1) is 31.2. The van der Waals surface area contributed by atoms with E-state index in [9.17, 15) is 32.7 Å². The number of carboxylic acids is 1. The van der Waals surface area contributed by atoms with Crippen molar-refractivity contribution in [1.82, 2.24) is 19.6 Å². The Morgan fingerprint density at radius 1 is 1.11 bits per heavy atom. The number of alkyl halides is 3. The number of carbonyl (C=O) groups is 3. The Hall–Kier alpha value is -3.77. The molecule has 238 valence electrons. The van der Waals surface area contributed by atoms with E-state index in [-0.39, 0.29) is 70.6 Å². The van der Waals surface area contributed by atoms with E-state index in [2.05, 4.69) is 10.00 Å². The van der Waals surface area contributed by atoms with Crippen molar-refractivity contribution in [2.24, 2.45) is 5.92 Å². The normalized spacial score (nSPS) is 20.8. The first-order valence-corrected chi connectivity index (χ1v) is 15.1. The summed E-state index contributed by atoms with van der Waals surface area (Å²) in [6, 6.07) is 7.49. The maximum Gasteiger partial charge on any atom is 0.398 e. The van der Waals surface area contributed by atoms with Crippen molar-refractivity contribution in [2.45, 2.75) is 56.2 Å². The third kappa shape index (κ3) is 5.31. The molecule has 6 rings (SSSR count). The molecule has 1 unspecified atom stereocenters. The van der Waals surface area contributed by atoms with Gasteiger partial charge in [0.05, 0.1) is 33.0 Å². The molecule has 2 atom stereocenters. The predicted octanol–water partition coefficient (Wildman–Crippen LogP) is 5.59. The second-order valence-corrected chi connectivity index (χ2v) is 12.8. The SMILES string of the molecule is CN(C)[C@@H]1CCN(C(=O)C2CCc3c(-c4ccc(C(=O)O)cc4F)nn(C(=O)c4c(Cl)cccc4C4(C(F)(F)F)CC4)c3C2)C1. The van der Waals surface area contributed by atoms with Crippen molar-refractivity contribution in [3.05, 3.63) is 75.2 Å². The number of halogens is 5. The number of fused-ring (bicyclic) bond motifs is 1. The molecular formula is C32H31ClF4N4O4. The number of likely N-dealkylation sites (N-methyl/N-ethyl adjacent to an activating group) is 1. The Balaban J connectivity index is 1.45. The number of nitrogens with zero attached hydrogens (tertiary/aromatic N) is 4. The Bertz CT molecular complexity index is 1720. The first-order chi connectivity index (χ1) is 21.2. The second kappa shape index (κ2) is 11.2. The lowest BCUT2D eigenvalue weighted by Gasteiger charge is -2.28. The van der Waals surface area contributed by atoms with Crippen LogP contribution in [0.3, 0.4) is 0 Å². The van der Waals surface area contributed by atoms with Gasteiger partial charge in [0, 0.05) is 42.6 Å². The summed E-state index contributed by atoms with van der Waals surface area (Å²) in [6.07, 6.45) is -3.48. The van der Waals surface area contributed by atoms with E-state index in [1.165, 1.54) is 30.3 Å². The molecular weight excluding hydrogens is 616 g/mol. The topological polar surface area (TPSA) is 95.7 Å². The Kier molecular flexibility index (Phi) is 7.80. The molecule has 8 nitrogen and oxygen atoms in total. The minimum atomic E-state index is -4.62. The number of aromatic carboxylic acids is 1. The van der Waals surface area contributed by atoms with Crippen molar-refractivity contribution in [3.8, 4) is 11.3 Å². The standard InChI is InChI=1S/C32H31ClF4N4O4/c1-39(2)19-10-13-40(16-19)28(42)17-6-9-21-25(15-17)41(38-27(21)20-8-7-18(30(44)45)14-24(20)34)29(43)26-22(4-3-5-23(26)33)31(11-12-31)32(35,36)37/h3-5,7-8,14,17,19H,6,9-13,15-16H2,1-2H3,(H,44,45)/t17?,19-/m1/s1. The second-order valence-electron chi connectivity index (χ2n) is 12.4. The summed E-state index contributed by atoms with van der Waals surface area (Å²) in [5.41, 5.74) is -2.29. The van der Waals surface area contributed by atoms with Crippen LogP contribution in [0.15, 0.2) is 36.4 Å². The Labute approximate surface area is 261 Å². The van der Waals surface area contributed by atoms with Crippen LogP contribution in [0.2, 0.25) is 5.02 Å². The molecule has 1 saturated heterocycles. The first-order valence-electron chi connectivity index (χ1n) is 14.7. The van der Waals surface area contributed by atoms with Gasteiger partial charge < -0.3 is 14.9 Å². The number of benzene rings is 2. The maximum absolute atomic E-state index is 15.3. The van der Waals surface area contributed by atoms with Crippen LogP contribution in [0.25, 0.3) is 11.3 Å². The number of carboxylic acid groups (broad SMARTS) is 1. The van der Waals surface area contributed by atoms with Crippen LogP contribution in [0.1, 0.15) is 63.2 Å². The van der Waals surface area contributed by atoms with Crippen LogP contribution in [0, 0.1) is 11.7 Å². The average molecular weight is 647 g/mol. The molecule has 3 aromatic rings. The van der Waals surface area contributed by atoms with Gasteiger partial charge in [-0.25, -0.2) is 9.18 Å². The molecule has 2 heterocycles. The molecule has 2 aromatic carbocycles. The quantitative estimate of drug-likeness (QED) is 0.351. The van der Waals surface area contributed by atoms with Crippen LogP contribution >= 0.6 is 11.6 Å². The summed E-state index contributed by atoms with van der Waals surface area (Å²) in [5, 5.41) is 13.6. The van der Waals surface area contributed by atoms with Gasteiger partial charge in [-0.2, -0.15) is 23.0 Å². The molecule has 1 N–H and O–H groups in total. The zero-order chi connectivity index (χ0) is 32.4. The molecule has 1 saturated carbocycles. The highest BCUT2D eigenvalue weighted by atomic mass is 35.5. The van der Waals surface area contributed by atoms with Crippen molar-refractivity contribution < 1.29 is 37.1 Å². The highest BCUT2D eigenvalue weighted by Crippen LogP contribution is 2.60. The Morgan fingerprint density at radius 3 is 2.44 bits per heavy atom. The minimum absolute atomic E-state index is 0.0609. The average Bonchev–Trinajstić information content (AvgIpc) is 3.52. The summed E-state index contributed by atoms with van der Waals surface area (Å²) < 4.78 is 59.1. The van der Waals surface area contributed by atoms with Crippen LogP contribution in [-0.4, -0.2) is 81.9 Å². The fourth-order valence-electron chi connectivity index (χ4n) is 6.75. The summed E-state index contributed by atoms with van der Waals surface area (Å²) in [7, 11) is 3.90. The predicted molar refractivity (Wildman–Crippen MR) is 157 cm³/mol. The monoisotopic (exact) mass is 646 g/mol. The van der Waals surface area contributed by atoms with Gasteiger partial charge >= 0.3 is 12.1 Å². The fraction of sp³-hybridized carbons (Fsp3) is 0.438. The van der Waals surface area contributed by atoms with Gasteiger partial charge in [0.15, 0.2) is 0 Å². The molecule has 1 aromatic heterocycles.